The number of aliphatic hydroxyl groups is 1. The molecule has 0 saturated heterocycles. The van der Waals surface area contributed by atoms with E-state index < -0.39 is 11.0 Å². The van der Waals surface area contributed by atoms with Crippen molar-refractivity contribution < 1.29 is 14.8 Å². The number of benzene rings is 1. The lowest BCUT2D eigenvalue weighted by Crippen LogP contribution is -2.14. The fourth-order valence-corrected chi connectivity index (χ4v) is 2.10. The lowest BCUT2D eigenvalue weighted by atomic mass is 9.91. The molecule has 19 heavy (non-hydrogen) atoms. The Labute approximate surface area is 113 Å². The highest BCUT2D eigenvalue weighted by molar-refractivity contribution is 5.49. The molecule has 0 saturated carbocycles. The third-order valence-electron chi connectivity index (χ3n) is 3.09. The van der Waals surface area contributed by atoms with Gasteiger partial charge < -0.3 is 9.84 Å². The van der Waals surface area contributed by atoms with Crippen LogP contribution >= 0.6 is 0 Å². The zero-order valence-corrected chi connectivity index (χ0v) is 11.6. The van der Waals surface area contributed by atoms with Crippen LogP contribution in [0.5, 0.6) is 5.75 Å². The fourth-order valence-electron chi connectivity index (χ4n) is 2.10. The van der Waals surface area contributed by atoms with Gasteiger partial charge in [0, 0.05) is 12.0 Å². The molecule has 0 aliphatic rings. The number of nitrogens with zero attached hydrogens (tertiary/aromatic N) is 1. The van der Waals surface area contributed by atoms with Crippen LogP contribution in [0.2, 0.25) is 0 Å². The summed E-state index contributed by atoms with van der Waals surface area (Å²) < 4.78 is 5.44. The Kier molecular flexibility index (Phi) is 5.76. The first-order chi connectivity index (χ1) is 9.01. The number of aliphatic hydroxyl groups excluding tert-OH is 1. The molecule has 0 aliphatic heterocycles. The first-order valence-corrected chi connectivity index (χ1v) is 6.60. The second-order valence-electron chi connectivity index (χ2n) is 4.59. The number of hydrogen-bond donors (Lipinski definition) is 1. The minimum Gasteiger partial charge on any atom is -0.487 e. The van der Waals surface area contributed by atoms with E-state index in [1.165, 1.54) is 6.07 Å². The Morgan fingerprint density at radius 2 is 2.11 bits per heavy atom. The van der Waals surface area contributed by atoms with Gasteiger partial charge in [0.25, 0.3) is 0 Å². The van der Waals surface area contributed by atoms with Gasteiger partial charge in [0.1, 0.15) is 0 Å². The summed E-state index contributed by atoms with van der Waals surface area (Å²) in [5, 5.41) is 20.7. The molecule has 0 heterocycles. The standard InChI is InChI=1S/C14H21NO4/c1-4-8-19-14-9-11(12(5-2)10(3)16)6-7-13(14)15(17)18/h6-7,9-10,12,16H,4-5,8H2,1-3H3. The molecule has 0 radical (unpaired) electrons. The highest BCUT2D eigenvalue weighted by atomic mass is 16.6. The second kappa shape index (κ2) is 7.09. The van der Waals surface area contributed by atoms with Crippen molar-refractivity contribution in [1.29, 1.82) is 0 Å². The van der Waals surface area contributed by atoms with Gasteiger partial charge in [0.05, 0.1) is 17.6 Å². The summed E-state index contributed by atoms with van der Waals surface area (Å²) in [5.74, 6) is 0.244. The van der Waals surface area contributed by atoms with Crippen LogP contribution in [0.25, 0.3) is 0 Å². The minimum atomic E-state index is -0.495. The molecule has 1 rings (SSSR count). The average Bonchev–Trinajstić information content (AvgIpc) is 2.36. The summed E-state index contributed by atoms with van der Waals surface area (Å²) in [4.78, 5) is 10.5. The molecular formula is C14H21NO4. The highest BCUT2D eigenvalue weighted by Gasteiger charge is 2.21. The lowest BCUT2D eigenvalue weighted by molar-refractivity contribution is -0.385. The Morgan fingerprint density at radius 1 is 1.42 bits per heavy atom. The molecule has 1 aromatic carbocycles. The van der Waals surface area contributed by atoms with Gasteiger partial charge in [-0.05, 0) is 31.4 Å². The summed E-state index contributed by atoms with van der Waals surface area (Å²) in [7, 11) is 0. The van der Waals surface area contributed by atoms with Crippen LogP contribution in [0.15, 0.2) is 18.2 Å². The highest BCUT2D eigenvalue weighted by Crippen LogP contribution is 2.33. The molecule has 1 N–H and O–H groups in total. The third-order valence-corrected chi connectivity index (χ3v) is 3.09. The Balaban J connectivity index is 3.12. The maximum atomic E-state index is 10.9. The van der Waals surface area contributed by atoms with Gasteiger partial charge in [0.15, 0.2) is 5.75 Å². The molecule has 0 fully saturated rings. The van der Waals surface area contributed by atoms with Crippen molar-refractivity contribution in [2.75, 3.05) is 6.61 Å². The molecule has 2 atom stereocenters. The number of nitro groups is 1. The zero-order valence-electron chi connectivity index (χ0n) is 11.6. The average molecular weight is 267 g/mol. The van der Waals surface area contributed by atoms with Crippen LogP contribution < -0.4 is 4.74 Å². The van der Waals surface area contributed by atoms with Gasteiger partial charge in [-0.3, -0.25) is 10.1 Å². The van der Waals surface area contributed by atoms with E-state index in [0.29, 0.717) is 6.61 Å². The Morgan fingerprint density at radius 3 is 2.58 bits per heavy atom. The molecule has 0 aliphatic carbocycles. The van der Waals surface area contributed by atoms with E-state index in [-0.39, 0.29) is 17.4 Å². The molecule has 0 amide bonds. The van der Waals surface area contributed by atoms with Crippen LogP contribution in [0.1, 0.15) is 45.1 Å². The summed E-state index contributed by atoms with van der Waals surface area (Å²) in [6, 6.07) is 4.82. The maximum Gasteiger partial charge on any atom is 0.310 e. The molecular weight excluding hydrogens is 246 g/mol. The summed E-state index contributed by atoms with van der Waals surface area (Å²) in [6.07, 6.45) is 1.06. The molecule has 0 bridgehead atoms. The van der Waals surface area contributed by atoms with Gasteiger partial charge in [-0.15, -0.1) is 0 Å². The second-order valence-corrected chi connectivity index (χ2v) is 4.59. The Bertz CT molecular complexity index is 431. The largest absolute Gasteiger partial charge is 0.487 e. The van der Waals surface area contributed by atoms with Gasteiger partial charge in [-0.2, -0.15) is 0 Å². The van der Waals surface area contributed by atoms with Crippen molar-refractivity contribution in [3.8, 4) is 5.75 Å². The third kappa shape index (κ3) is 3.92. The SMILES string of the molecule is CCCOc1cc(C(CC)C(C)O)ccc1[N+](=O)[O-]. The number of ether oxygens (including phenoxy) is 1. The number of hydrogen-bond acceptors (Lipinski definition) is 4. The molecule has 0 spiro atoms. The predicted octanol–water partition coefficient (Wildman–Crippen LogP) is 3.26. The van der Waals surface area contributed by atoms with Crippen LogP contribution in [-0.2, 0) is 0 Å². The monoisotopic (exact) mass is 267 g/mol. The lowest BCUT2D eigenvalue weighted by Gasteiger charge is -2.19. The maximum absolute atomic E-state index is 10.9. The van der Waals surface area contributed by atoms with Crippen LogP contribution in [0.3, 0.4) is 0 Å². The van der Waals surface area contributed by atoms with Crippen LogP contribution in [0, 0.1) is 10.1 Å². The molecule has 1 aromatic rings. The van der Waals surface area contributed by atoms with Crippen LogP contribution in [0.4, 0.5) is 5.69 Å². The smallest absolute Gasteiger partial charge is 0.310 e. The quantitative estimate of drug-likeness (QED) is 0.608. The summed E-state index contributed by atoms with van der Waals surface area (Å²) in [5.41, 5.74) is 0.840. The van der Waals surface area contributed by atoms with E-state index in [4.69, 9.17) is 4.74 Å². The molecule has 5 heteroatoms. The number of nitro benzene ring substituents is 1. The molecule has 2 unspecified atom stereocenters. The summed E-state index contributed by atoms with van der Waals surface area (Å²) >= 11 is 0. The van der Waals surface area contributed by atoms with Crippen molar-refractivity contribution in [2.45, 2.75) is 45.6 Å². The van der Waals surface area contributed by atoms with Crippen molar-refractivity contribution >= 4 is 5.69 Å². The topological polar surface area (TPSA) is 72.6 Å². The van der Waals surface area contributed by atoms with Crippen molar-refractivity contribution in [3.05, 3.63) is 33.9 Å². The predicted molar refractivity (Wildman–Crippen MR) is 73.6 cm³/mol. The van der Waals surface area contributed by atoms with Crippen molar-refractivity contribution in [1.82, 2.24) is 0 Å². The fraction of sp³-hybridized carbons (Fsp3) is 0.571. The van der Waals surface area contributed by atoms with Crippen LogP contribution in [-0.4, -0.2) is 22.7 Å². The molecule has 0 aromatic heterocycles. The van der Waals surface area contributed by atoms with E-state index in [0.717, 1.165) is 18.4 Å². The van der Waals surface area contributed by atoms with Crippen molar-refractivity contribution in [3.63, 3.8) is 0 Å². The Hall–Kier alpha value is -1.62. The normalized spacial score (nSPS) is 13.9. The van der Waals surface area contributed by atoms with Gasteiger partial charge in [-0.25, -0.2) is 0 Å². The van der Waals surface area contributed by atoms with E-state index in [2.05, 4.69) is 0 Å². The summed E-state index contributed by atoms with van der Waals surface area (Å²) in [6.45, 7) is 6.09. The first kappa shape index (κ1) is 15.4. The van der Waals surface area contributed by atoms with Crippen molar-refractivity contribution in [2.24, 2.45) is 0 Å². The molecule has 106 valence electrons. The number of rotatable bonds is 7. The minimum absolute atomic E-state index is 0.0300. The van der Waals surface area contributed by atoms with E-state index in [9.17, 15) is 15.2 Å². The van der Waals surface area contributed by atoms with E-state index >= 15 is 0 Å². The zero-order chi connectivity index (χ0) is 14.4. The van der Waals surface area contributed by atoms with E-state index in [1.54, 1.807) is 19.1 Å². The first-order valence-electron chi connectivity index (χ1n) is 6.60. The van der Waals surface area contributed by atoms with E-state index in [1.807, 2.05) is 13.8 Å². The van der Waals surface area contributed by atoms with Gasteiger partial charge >= 0.3 is 5.69 Å². The van der Waals surface area contributed by atoms with Gasteiger partial charge in [-0.1, -0.05) is 19.9 Å². The molecule has 5 nitrogen and oxygen atoms in total. The van der Waals surface area contributed by atoms with Gasteiger partial charge in [0.2, 0.25) is 0 Å².